The molecule has 0 radical (unpaired) electrons. The molecule has 1 unspecified atom stereocenters. The van der Waals surface area contributed by atoms with E-state index in [9.17, 15) is 4.79 Å². The van der Waals surface area contributed by atoms with E-state index in [1.807, 2.05) is 48.1 Å². The Morgan fingerprint density at radius 2 is 1.96 bits per heavy atom. The van der Waals surface area contributed by atoms with Gasteiger partial charge < -0.3 is 14.2 Å². The van der Waals surface area contributed by atoms with Crippen molar-refractivity contribution in [3.8, 4) is 0 Å². The zero-order chi connectivity index (χ0) is 18.6. The molecule has 1 atom stereocenters. The van der Waals surface area contributed by atoms with Crippen LogP contribution in [0.1, 0.15) is 27.0 Å². The number of hydrogen-bond acceptors (Lipinski definition) is 3. The Kier molecular flexibility index (Phi) is 5.03. The van der Waals surface area contributed by atoms with Gasteiger partial charge in [-0.2, -0.15) is 0 Å². The van der Waals surface area contributed by atoms with Crippen LogP contribution in [-0.4, -0.2) is 40.1 Å². The first kappa shape index (κ1) is 17.5. The van der Waals surface area contributed by atoms with Crippen LogP contribution in [0.25, 0.3) is 0 Å². The molecule has 1 aliphatic heterocycles. The van der Waals surface area contributed by atoms with Crippen LogP contribution >= 0.6 is 0 Å². The lowest BCUT2D eigenvalue weighted by Gasteiger charge is -2.29. The molecule has 0 N–H and O–H groups in total. The standard InChI is InChI=1S/C22H23N3O2/c1-24(14-21-12-19-4-2-3-5-20(19)15-27-21)22(26)18-8-6-17(7-9-18)13-25-11-10-23-16-25/h2-11,16,21H,12-15H2,1H3. The van der Waals surface area contributed by atoms with Gasteiger partial charge in [-0.05, 0) is 28.8 Å². The first-order valence-electron chi connectivity index (χ1n) is 9.17. The number of benzene rings is 2. The summed E-state index contributed by atoms with van der Waals surface area (Å²) in [6, 6.07) is 16.1. The number of ether oxygens (including phenoxy) is 1. The Morgan fingerprint density at radius 3 is 2.70 bits per heavy atom. The first-order chi connectivity index (χ1) is 13.2. The lowest BCUT2D eigenvalue weighted by Crippen LogP contribution is -2.38. The summed E-state index contributed by atoms with van der Waals surface area (Å²) in [6.45, 7) is 1.95. The molecule has 1 aromatic heterocycles. The molecule has 0 aliphatic carbocycles. The number of rotatable bonds is 5. The average molecular weight is 361 g/mol. The number of carbonyl (C=O) groups excluding carboxylic acids is 1. The average Bonchev–Trinajstić information content (AvgIpc) is 3.21. The minimum atomic E-state index is 0.0200. The number of fused-ring (bicyclic) bond motifs is 1. The highest BCUT2D eigenvalue weighted by atomic mass is 16.5. The fourth-order valence-electron chi connectivity index (χ4n) is 3.48. The van der Waals surface area contributed by atoms with Crippen molar-refractivity contribution in [2.45, 2.75) is 25.7 Å². The maximum atomic E-state index is 12.7. The van der Waals surface area contributed by atoms with Gasteiger partial charge in [0.1, 0.15) is 0 Å². The number of aromatic nitrogens is 2. The second-order valence-corrected chi connectivity index (χ2v) is 7.02. The molecule has 0 bridgehead atoms. The van der Waals surface area contributed by atoms with E-state index in [2.05, 4.69) is 23.2 Å². The van der Waals surface area contributed by atoms with Gasteiger partial charge in [0.05, 0.1) is 19.0 Å². The van der Waals surface area contributed by atoms with Gasteiger partial charge in [0.25, 0.3) is 5.91 Å². The third-order valence-electron chi connectivity index (χ3n) is 4.99. The topological polar surface area (TPSA) is 47.4 Å². The summed E-state index contributed by atoms with van der Waals surface area (Å²) in [5, 5.41) is 0. The van der Waals surface area contributed by atoms with Crippen molar-refractivity contribution >= 4 is 5.91 Å². The van der Waals surface area contributed by atoms with Crippen molar-refractivity contribution in [1.29, 1.82) is 0 Å². The van der Waals surface area contributed by atoms with E-state index in [0.29, 0.717) is 18.7 Å². The highest BCUT2D eigenvalue weighted by Gasteiger charge is 2.22. The van der Waals surface area contributed by atoms with Crippen LogP contribution in [0.4, 0.5) is 0 Å². The molecule has 0 saturated carbocycles. The molecule has 138 valence electrons. The Labute approximate surface area is 159 Å². The second-order valence-electron chi connectivity index (χ2n) is 7.02. The molecule has 5 nitrogen and oxygen atoms in total. The van der Waals surface area contributed by atoms with Crippen molar-refractivity contribution in [1.82, 2.24) is 14.5 Å². The molecule has 0 saturated heterocycles. The van der Waals surface area contributed by atoms with Crippen LogP contribution in [0.3, 0.4) is 0 Å². The molecule has 1 amide bonds. The molecular weight excluding hydrogens is 338 g/mol. The molecule has 0 spiro atoms. The van der Waals surface area contributed by atoms with Gasteiger partial charge in [-0.25, -0.2) is 4.98 Å². The van der Waals surface area contributed by atoms with E-state index < -0.39 is 0 Å². The lowest BCUT2D eigenvalue weighted by atomic mass is 9.99. The number of hydrogen-bond donors (Lipinski definition) is 0. The van der Waals surface area contributed by atoms with Crippen molar-refractivity contribution < 1.29 is 9.53 Å². The molecule has 1 aliphatic rings. The maximum absolute atomic E-state index is 12.7. The summed E-state index contributed by atoms with van der Waals surface area (Å²) >= 11 is 0. The van der Waals surface area contributed by atoms with Crippen LogP contribution in [0.2, 0.25) is 0 Å². The quantitative estimate of drug-likeness (QED) is 0.701. The number of carbonyl (C=O) groups is 1. The van der Waals surface area contributed by atoms with Gasteiger partial charge in [-0.1, -0.05) is 36.4 Å². The molecule has 3 aromatic rings. The second kappa shape index (κ2) is 7.76. The number of likely N-dealkylation sites (N-methyl/N-ethyl adjacent to an activating group) is 1. The Bertz CT molecular complexity index is 904. The molecular formula is C22H23N3O2. The zero-order valence-electron chi connectivity index (χ0n) is 15.4. The summed E-state index contributed by atoms with van der Waals surface area (Å²) in [6.07, 6.45) is 6.36. The molecule has 0 fully saturated rings. The summed E-state index contributed by atoms with van der Waals surface area (Å²) in [5.41, 5.74) is 4.40. The van der Waals surface area contributed by atoms with Crippen molar-refractivity contribution in [2.75, 3.05) is 13.6 Å². The van der Waals surface area contributed by atoms with E-state index in [1.165, 1.54) is 11.1 Å². The molecule has 5 heteroatoms. The highest BCUT2D eigenvalue weighted by Crippen LogP contribution is 2.21. The SMILES string of the molecule is CN(CC1Cc2ccccc2CO1)C(=O)c1ccc(Cn2ccnc2)cc1. The van der Waals surface area contributed by atoms with E-state index in [-0.39, 0.29) is 12.0 Å². The number of imidazole rings is 1. The van der Waals surface area contributed by atoms with Gasteiger partial charge >= 0.3 is 0 Å². The lowest BCUT2D eigenvalue weighted by molar-refractivity contribution is 0.00985. The Balaban J connectivity index is 1.36. The number of amides is 1. The van der Waals surface area contributed by atoms with E-state index in [4.69, 9.17) is 4.74 Å². The Morgan fingerprint density at radius 1 is 1.19 bits per heavy atom. The third kappa shape index (κ3) is 4.09. The summed E-state index contributed by atoms with van der Waals surface area (Å²) in [5.74, 6) is 0.0200. The molecule has 2 heterocycles. The highest BCUT2D eigenvalue weighted by molar-refractivity contribution is 5.94. The van der Waals surface area contributed by atoms with Crippen LogP contribution in [0.15, 0.2) is 67.3 Å². The Hall–Kier alpha value is -2.92. The van der Waals surface area contributed by atoms with Crippen molar-refractivity contribution in [3.05, 3.63) is 89.5 Å². The van der Waals surface area contributed by atoms with Gasteiger partial charge in [0, 0.05) is 44.5 Å². The van der Waals surface area contributed by atoms with Crippen molar-refractivity contribution in [3.63, 3.8) is 0 Å². The van der Waals surface area contributed by atoms with E-state index in [0.717, 1.165) is 18.5 Å². The van der Waals surface area contributed by atoms with Crippen molar-refractivity contribution in [2.24, 2.45) is 0 Å². The van der Waals surface area contributed by atoms with Crippen LogP contribution < -0.4 is 0 Å². The van der Waals surface area contributed by atoms with Gasteiger partial charge in [0.15, 0.2) is 0 Å². The fourth-order valence-corrected chi connectivity index (χ4v) is 3.48. The predicted molar refractivity (Wildman–Crippen MR) is 103 cm³/mol. The van der Waals surface area contributed by atoms with Crippen LogP contribution in [0.5, 0.6) is 0 Å². The van der Waals surface area contributed by atoms with E-state index in [1.54, 1.807) is 17.4 Å². The third-order valence-corrected chi connectivity index (χ3v) is 4.99. The predicted octanol–water partition coefficient (Wildman–Crippen LogP) is 3.14. The fraction of sp³-hybridized carbons (Fsp3) is 0.273. The monoisotopic (exact) mass is 361 g/mol. The van der Waals surface area contributed by atoms with Gasteiger partial charge in [-0.15, -0.1) is 0 Å². The normalized spacial score (nSPS) is 16.0. The van der Waals surface area contributed by atoms with Crippen LogP contribution in [-0.2, 0) is 24.3 Å². The minimum Gasteiger partial charge on any atom is -0.371 e. The smallest absolute Gasteiger partial charge is 0.253 e. The largest absolute Gasteiger partial charge is 0.371 e. The molecule has 4 rings (SSSR count). The maximum Gasteiger partial charge on any atom is 0.253 e. The zero-order valence-corrected chi connectivity index (χ0v) is 15.4. The van der Waals surface area contributed by atoms with Crippen LogP contribution in [0, 0.1) is 0 Å². The minimum absolute atomic E-state index is 0.0200. The molecule has 2 aromatic carbocycles. The number of nitrogens with zero attached hydrogens (tertiary/aromatic N) is 3. The van der Waals surface area contributed by atoms with E-state index >= 15 is 0 Å². The molecule has 27 heavy (non-hydrogen) atoms. The first-order valence-corrected chi connectivity index (χ1v) is 9.17. The summed E-state index contributed by atoms with van der Waals surface area (Å²) in [4.78, 5) is 18.5. The van der Waals surface area contributed by atoms with Gasteiger partial charge in [-0.3, -0.25) is 4.79 Å². The summed E-state index contributed by atoms with van der Waals surface area (Å²) in [7, 11) is 1.84. The van der Waals surface area contributed by atoms with Gasteiger partial charge in [0.2, 0.25) is 0 Å². The summed E-state index contributed by atoms with van der Waals surface area (Å²) < 4.78 is 7.94.